The summed E-state index contributed by atoms with van der Waals surface area (Å²) in [4.78, 5) is 14.0. The molecule has 68 valence electrons. The zero-order valence-corrected chi connectivity index (χ0v) is 7.45. The molecule has 0 amide bonds. The van der Waals surface area contributed by atoms with Crippen LogP contribution in [0.25, 0.3) is 10.9 Å². The summed E-state index contributed by atoms with van der Waals surface area (Å²) in [5, 5.41) is 9.41. The number of nitriles is 1. The molecular formula is C11H8N2O. The predicted octanol–water partition coefficient (Wildman–Crippen LogP) is 1.80. The number of nitrogens with one attached hydrogen (secondary N) is 1. The van der Waals surface area contributed by atoms with Gasteiger partial charge in [-0.05, 0) is 11.6 Å². The molecule has 3 heteroatoms. The van der Waals surface area contributed by atoms with Gasteiger partial charge in [0.25, 0.3) is 0 Å². The molecule has 0 fully saturated rings. The van der Waals surface area contributed by atoms with Gasteiger partial charge >= 0.3 is 0 Å². The maximum Gasteiger partial charge on any atom is 0.236 e. The zero-order valence-electron chi connectivity index (χ0n) is 7.45. The number of aromatic amines is 1. The summed E-state index contributed by atoms with van der Waals surface area (Å²) in [6.07, 6.45) is 1.96. The SMILES string of the molecule is N#CC(=O)Cc1c[nH]c2ccccc12. The van der Waals surface area contributed by atoms with Crippen molar-refractivity contribution in [1.29, 1.82) is 5.26 Å². The first-order valence-corrected chi connectivity index (χ1v) is 4.29. The van der Waals surface area contributed by atoms with E-state index in [1.54, 1.807) is 12.3 Å². The standard InChI is InChI=1S/C11H8N2O/c12-6-9(14)5-8-7-13-11-4-2-1-3-10(8)11/h1-4,7,13H,5H2. The average Bonchev–Trinajstić information content (AvgIpc) is 2.62. The van der Waals surface area contributed by atoms with E-state index in [9.17, 15) is 4.79 Å². The number of fused-ring (bicyclic) bond motifs is 1. The van der Waals surface area contributed by atoms with Crippen molar-refractivity contribution in [2.75, 3.05) is 0 Å². The first-order chi connectivity index (χ1) is 6.81. The van der Waals surface area contributed by atoms with Crippen LogP contribution in [0.5, 0.6) is 0 Å². The molecule has 3 nitrogen and oxygen atoms in total. The largest absolute Gasteiger partial charge is 0.361 e. The number of ketones is 1. The molecule has 1 aromatic heterocycles. The van der Waals surface area contributed by atoms with Crippen molar-refractivity contribution in [2.45, 2.75) is 6.42 Å². The van der Waals surface area contributed by atoms with Gasteiger partial charge in [-0.25, -0.2) is 0 Å². The molecule has 2 aromatic rings. The van der Waals surface area contributed by atoms with Crippen LogP contribution in [0.1, 0.15) is 5.56 Å². The molecule has 0 saturated carbocycles. The molecule has 0 atom stereocenters. The number of nitrogens with zero attached hydrogens (tertiary/aromatic N) is 1. The van der Waals surface area contributed by atoms with Gasteiger partial charge in [0.2, 0.25) is 5.78 Å². The van der Waals surface area contributed by atoms with E-state index in [-0.39, 0.29) is 6.42 Å². The Labute approximate surface area is 81.0 Å². The minimum atomic E-state index is -0.408. The Morgan fingerprint density at radius 2 is 2.21 bits per heavy atom. The molecule has 1 heterocycles. The summed E-state index contributed by atoms with van der Waals surface area (Å²) in [6.45, 7) is 0. The Morgan fingerprint density at radius 1 is 1.43 bits per heavy atom. The van der Waals surface area contributed by atoms with Crippen LogP contribution in [-0.4, -0.2) is 10.8 Å². The molecule has 0 radical (unpaired) electrons. The van der Waals surface area contributed by atoms with Crippen LogP contribution in [0, 0.1) is 11.3 Å². The lowest BCUT2D eigenvalue weighted by atomic mass is 10.1. The molecule has 0 unspecified atom stereocenters. The number of rotatable bonds is 2. The van der Waals surface area contributed by atoms with E-state index < -0.39 is 5.78 Å². The second kappa shape index (κ2) is 3.35. The van der Waals surface area contributed by atoms with Crippen molar-refractivity contribution in [1.82, 2.24) is 4.98 Å². The summed E-state index contributed by atoms with van der Waals surface area (Å²) in [7, 11) is 0. The third kappa shape index (κ3) is 1.38. The second-order valence-electron chi connectivity index (χ2n) is 3.07. The fourth-order valence-corrected chi connectivity index (χ4v) is 1.49. The van der Waals surface area contributed by atoms with Gasteiger partial charge in [-0.15, -0.1) is 0 Å². The first-order valence-electron chi connectivity index (χ1n) is 4.29. The molecule has 2 rings (SSSR count). The Kier molecular flexibility index (Phi) is 2.04. The maximum atomic E-state index is 10.9. The van der Waals surface area contributed by atoms with Gasteiger partial charge in [0.1, 0.15) is 6.07 Å². The Balaban J connectivity index is 2.44. The maximum absolute atomic E-state index is 10.9. The first kappa shape index (κ1) is 8.52. The predicted molar refractivity (Wildman–Crippen MR) is 52.6 cm³/mol. The number of carbonyl (C=O) groups is 1. The molecule has 0 aliphatic carbocycles. The van der Waals surface area contributed by atoms with Gasteiger partial charge in [0.05, 0.1) is 0 Å². The van der Waals surface area contributed by atoms with Crippen molar-refractivity contribution < 1.29 is 4.79 Å². The van der Waals surface area contributed by atoms with Gasteiger partial charge in [-0.1, -0.05) is 18.2 Å². The number of Topliss-reactive ketones (excluding diaryl/α,β-unsaturated/α-hetero) is 1. The molecular weight excluding hydrogens is 176 g/mol. The third-order valence-corrected chi connectivity index (χ3v) is 2.15. The highest BCUT2D eigenvalue weighted by atomic mass is 16.1. The number of carbonyl (C=O) groups excluding carboxylic acids is 1. The van der Waals surface area contributed by atoms with Gasteiger partial charge in [0.15, 0.2) is 0 Å². The smallest absolute Gasteiger partial charge is 0.236 e. The second-order valence-corrected chi connectivity index (χ2v) is 3.07. The number of H-pyrrole nitrogens is 1. The average molecular weight is 184 g/mol. The zero-order chi connectivity index (χ0) is 9.97. The summed E-state index contributed by atoms with van der Waals surface area (Å²) in [5.74, 6) is -0.408. The number of hydrogen-bond acceptors (Lipinski definition) is 2. The van der Waals surface area contributed by atoms with Crippen LogP contribution >= 0.6 is 0 Å². The molecule has 14 heavy (non-hydrogen) atoms. The Bertz CT molecular complexity index is 519. The quantitative estimate of drug-likeness (QED) is 0.723. The minimum absolute atomic E-state index is 0.181. The van der Waals surface area contributed by atoms with E-state index in [1.165, 1.54) is 0 Å². The fraction of sp³-hybridized carbons (Fsp3) is 0.0909. The van der Waals surface area contributed by atoms with Crippen molar-refractivity contribution in [3.63, 3.8) is 0 Å². The number of benzene rings is 1. The highest BCUT2D eigenvalue weighted by molar-refractivity contribution is 5.97. The van der Waals surface area contributed by atoms with E-state index >= 15 is 0 Å². The highest BCUT2D eigenvalue weighted by Crippen LogP contribution is 2.17. The topological polar surface area (TPSA) is 56.6 Å². The highest BCUT2D eigenvalue weighted by Gasteiger charge is 2.06. The van der Waals surface area contributed by atoms with E-state index in [0.717, 1.165) is 16.5 Å². The summed E-state index contributed by atoms with van der Waals surface area (Å²) in [6, 6.07) is 9.33. The Hall–Kier alpha value is -2.08. The van der Waals surface area contributed by atoms with Crippen LogP contribution in [0.3, 0.4) is 0 Å². The third-order valence-electron chi connectivity index (χ3n) is 2.15. The minimum Gasteiger partial charge on any atom is -0.361 e. The Morgan fingerprint density at radius 3 is 3.00 bits per heavy atom. The lowest BCUT2D eigenvalue weighted by Gasteiger charge is -1.92. The molecule has 1 aromatic carbocycles. The van der Waals surface area contributed by atoms with Crippen LogP contribution < -0.4 is 0 Å². The van der Waals surface area contributed by atoms with E-state index in [1.807, 2.05) is 24.3 Å². The summed E-state index contributed by atoms with van der Waals surface area (Å²) in [5.41, 5.74) is 1.88. The van der Waals surface area contributed by atoms with E-state index in [2.05, 4.69) is 4.98 Å². The van der Waals surface area contributed by atoms with Crippen molar-refractivity contribution in [3.05, 3.63) is 36.0 Å². The molecule has 0 bridgehead atoms. The van der Waals surface area contributed by atoms with E-state index in [4.69, 9.17) is 5.26 Å². The molecule has 0 spiro atoms. The van der Waals surface area contributed by atoms with Gasteiger partial charge in [-0.3, -0.25) is 4.79 Å². The molecule has 0 aliphatic rings. The number of aromatic nitrogens is 1. The van der Waals surface area contributed by atoms with Crippen LogP contribution in [0.2, 0.25) is 0 Å². The molecule has 0 saturated heterocycles. The number of para-hydroxylation sites is 1. The van der Waals surface area contributed by atoms with Crippen molar-refractivity contribution in [2.24, 2.45) is 0 Å². The van der Waals surface area contributed by atoms with Crippen LogP contribution in [-0.2, 0) is 11.2 Å². The van der Waals surface area contributed by atoms with E-state index in [0.29, 0.717) is 0 Å². The van der Waals surface area contributed by atoms with Crippen molar-refractivity contribution in [3.8, 4) is 6.07 Å². The summed E-state index contributed by atoms with van der Waals surface area (Å²) >= 11 is 0. The van der Waals surface area contributed by atoms with Crippen LogP contribution in [0.4, 0.5) is 0 Å². The van der Waals surface area contributed by atoms with Crippen molar-refractivity contribution >= 4 is 16.7 Å². The summed E-state index contributed by atoms with van der Waals surface area (Å²) < 4.78 is 0. The fourth-order valence-electron chi connectivity index (χ4n) is 1.49. The van der Waals surface area contributed by atoms with Gasteiger partial charge < -0.3 is 4.98 Å². The number of hydrogen-bond donors (Lipinski definition) is 1. The van der Waals surface area contributed by atoms with Gasteiger partial charge in [0, 0.05) is 23.5 Å². The monoisotopic (exact) mass is 184 g/mol. The van der Waals surface area contributed by atoms with Gasteiger partial charge in [-0.2, -0.15) is 5.26 Å². The normalized spacial score (nSPS) is 9.93. The molecule has 0 aliphatic heterocycles. The molecule has 1 N–H and O–H groups in total. The lowest BCUT2D eigenvalue weighted by Crippen LogP contribution is -1.97. The van der Waals surface area contributed by atoms with Crippen LogP contribution in [0.15, 0.2) is 30.5 Å². The lowest BCUT2D eigenvalue weighted by molar-refractivity contribution is -0.113.